The summed E-state index contributed by atoms with van der Waals surface area (Å²) in [5.74, 6) is 1.78. The fourth-order valence-corrected chi connectivity index (χ4v) is 2.20. The summed E-state index contributed by atoms with van der Waals surface area (Å²) >= 11 is 0. The van der Waals surface area contributed by atoms with Crippen molar-refractivity contribution >= 4 is 0 Å². The first-order valence-electron chi connectivity index (χ1n) is 7.00. The fourth-order valence-electron chi connectivity index (χ4n) is 2.20. The Bertz CT molecular complexity index is 682. The number of nitrogens with zero attached hydrogens (tertiary/aromatic N) is 1. The summed E-state index contributed by atoms with van der Waals surface area (Å²) in [6.07, 6.45) is 0. The molecular weight excluding hydrogens is 266 g/mol. The lowest BCUT2D eigenvalue weighted by atomic mass is 10.1. The predicted molar refractivity (Wildman–Crippen MR) is 82.8 cm³/mol. The number of aromatic nitrogens is 2. The van der Waals surface area contributed by atoms with Crippen LogP contribution in [0.2, 0.25) is 0 Å². The lowest BCUT2D eigenvalue weighted by Crippen LogP contribution is -2.12. The van der Waals surface area contributed by atoms with Crippen LogP contribution < -0.4 is 16.0 Å². The summed E-state index contributed by atoms with van der Waals surface area (Å²) in [4.78, 5) is 18.8. The molecule has 0 fully saturated rings. The van der Waals surface area contributed by atoms with E-state index in [1.54, 1.807) is 0 Å². The number of hydrogen-bond donors (Lipinski definition) is 2. The first-order valence-corrected chi connectivity index (χ1v) is 7.00. The first kappa shape index (κ1) is 15.3. The van der Waals surface area contributed by atoms with Gasteiger partial charge in [-0.1, -0.05) is 26.0 Å². The Hall–Kier alpha value is -2.14. The second kappa shape index (κ2) is 6.10. The van der Waals surface area contributed by atoms with Gasteiger partial charge in [0, 0.05) is 12.5 Å². The van der Waals surface area contributed by atoms with Crippen LogP contribution in [0, 0.1) is 13.8 Å². The van der Waals surface area contributed by atoms with Gasteiger partial charge in [-0.3, -0.25) is 4.79 Å². The first-order chi connectivity index (χ1) is 9.90. The van der Waals surface area contributed by atoms with Crippen LogP contribution in [0.3, 0.4) is 0 Å². The molecule has 21 heavy (non-hydrogen) atoms. The zero-order valence-corrected chi connectivity index (χ0v) is 12.9. The number of ether oxygens (including phenoxy) is 1. The highest BCUT2D eigenvalue weighted by molar-refractivity contribution is 5.45. The summed E-state index contributed by atoms with van der Waals surface area (Å²) in [7, 11) is 0. The maximum Gasteiger partial charge on any atom is 0.254 e. The molecule has 0 atom stereocenters. The van der Waals surface area contributed by atoms with E-state index in [1.807, 2.05) is 39.8 Å². The SMILES string of the molecule is Cc1cc(CN)cc(C)c1Oc1cc(=O)[nH]c(C(C)C)n1. The van der Waals surface area contributed by atoms with Crippen molar-refractivity contribution in [2.24, 2.45) is 5.73 Å². The highest BCUT2D eigenvalue weighted by Crippen LogP contribution is 2.28. The topological polar surface area (TPSA) is 81.0 Å². The molecule has 0 saturated carbocycles. The minimum atomic E-state index is -0.211. The minimum Gasteiger partial charge on any atom is -0.438 e. The number of nitrogens with one attached hydrogen (secondary N) is 1. The highest BCUT2D eigenvalue weighted by atomic mass is 16.5. The van der Waals surface area contributed by atoms with E-state index in [0.717, 1.165) is 22.4 Å². The summed E-state index contributed by atoms with van der Waals surface area (Å²) in [6, 6.07) is 5.33. The van der Waals surface area contributed by atoms with Crippen LogP contribution in [0.1, 0.15) is 42.3 Å². The Balaban J connectivity index is 2.41. The Kier molecular flexibility index (Phi) is 4.43. The zero-order valence-electron chi connectivity index (χ0n) is 12.9. The molecule has 1 aromatic heterocycles. The van der Waals surface area contributed by atoms with Crippen LogP contribution in [0.4, 0.5) is 0 Å². The van der Waals surface area contributed by atoms with E-state index in [9.17, 15) is 4.79 Å². The van der Waals surface area contributed by atoms with E-state index in [1.165, 1.54) is 6.07 Å². The molecule has 0 spiro atoms. The quantitative estimate of drug-likeness (QED) is 0.906. The number of aryl methyl sites for hydroxylation is 2. The molecule has 0 aliphatic carbocycles. The average Bonchev–Trinajstić information content (AvgIpc) is 2.42. The number of benzene rings is 1. The highest BCUT2D eigenvalue weighted by Gasteiger charge is 2.11. The molecule has 0 aliphatic rings. The van der Waals surface area contributed by atoms with Crippen LogP contribution in [0.15, 0.2) is 23.0 Å². The van der Waals surface area contributed by atoms with Gasteiger partial charge in [-0.25, -0.2) is 0 Å². The molecule has 0 amide bonds. The van der Waals surface area contributed by atoms with E-state index >= 15 is 0 Å². The molecule has 0 aliphatic heterocycles. The van der Waals surface area contributed by atoms with Gasteiger partial charge in [0.15, 0.2) is 0 Å². The Morgan fingerprint density at radius 1 is 1.24 bits per heavy atom. The summed E-state index contributed by atoms with van der Waals surface area (Å²) in [5.41, 5.74) is 8.46. The Labute approximate surface area is 124 Å². The van der Waals surface area contributed by atoms with Crippen molar-refractivity contribution in [3.05, 3.63) is 51.1 Å². The van der Waals surface area contributed by atoms with Gasteiger partial charge in [0.25, 0.3) is 5.56 Å². The third kappa shape index (κ3) is 3.49. The largest absolute Gasteiger partial charge is 0.438 e. The molecule has 112 valence electrons. The second-order valence-electron chi connectivity index (χ2n) is 5.49. The van der Waals surface area contributed by atoms with Crippen molar-refractivity contribution in [2.45, 2.75) is 40.2 Å². The second-order valence-corrected chi connectivity index (χ2v) is 5.49. The average molecular weight is 287 g/mol. The molecule has 0 bridgehead atoms. The lowest BCUT2D eigenvalue weighted by molar-refractivity contribution is 0.449. The number of hydrogen-bond acceptors (Lipinski definition) is 4. The molecule has 0 radical (unpaired) electrons. The molecule has 2 aromatic rings. The number of aromatic amines is 1. The van der Waals surface area contributed by atoms with E-state index < -0.39 is 0 Å². The Morgan fingerprint density at radius 2 is 1.86 bits per heavy atom. The van der Waals surface area contributed by atoms with Gasteiger partial charge in [0.2, 0.25) is 5.88 Å². The van der Waals surface area contributed by atoms with Gasteiger partial charge in [-0.15, -0.1) is 0 Å². The van der Waals surface area contributed by atoms with E-state index in [4.69, 9.17) is 10.5 Å². The van der Waals surface area contributed by atoms with Gasteiger partial charge in [-0.05, 0) is 30.5 Å². The molecular formula is C16H21N3O2. The van der Waals surface area contributed by atoms with E-state index in [0.29, 0.717) is 18.2 Å². The van der Waals surface area contributed by atoms with E-state index in [-0.39, 0.29) is 11.5 Å². The van der Waals surface area contributed by atoms with Crippen molar-refractivity contribution in [3.8, 4) is 11.6 Å². The van der Waals surface area contributed by atoms with Crippen LogP contribution >= 0.6 is 0 Å². The molecule has 2 rings (SSSR count). The third-order valence-electron chi connectivity index (χ3n) is 3.25. The lowest BCUT2D eigenvalue weighted by Gasteiger charge is -2.13. The van der Waals surface area contributed by atoms with Gasteiger partial charge >= 0.3 is 0 Å². The molecule has 1 aromatic carbocycles. The maximum absolute atomic E-state index is 11.7. The van der Waals surface area contributed by atoms with Crippen molar-refractivity contribution in [2.75, 3.05) is 0 Å². The minimum absolute atomic E-state index is 0.128. The standard InChI is InChI=1S/C16H21N3O2/c1-9(2)16-18-13(20)7-14(19-16)21-15-10(3)5-12(8-17)6-11(15)4/h5-7,9H,8,17H2,1-4H3,(H,18,19,20). The summed E-state index contributed by atoms with van der Waals surface area (Å²) in [5, 5.41) is 0. The summed E-state index contributed by atoms with van der Waals surface area (Å²) in [6.45, 7) is 8.34. The summed E-state index contributed by atoms with van der Waals surface area (Å²) < 4.78 is 5.84. The van der Waals surface area contributed by atoms with Crippen LogP contribution in [-0.2, 0) is 6.54 Å². The maximum atomic E-state index is 11.7. The molecule has 1 heterocycles. The van der Waals surface area contributed by atoms with Gasteiger partial charge < -0.3 is 15.5 Å². The molecule has 0 unspecified atom stereocenters. The normalized spacial score (nSPS) is 11.0. The number of nitrogens with two attached hydrogens (primary N) is 1. The number of H-pyrrole nitrogens is 1. The van der Waals surface area contributed by atoms with Gasteiger partial charge in [0.1, 0.15) is 11.6 Å². The molecule has 3 N–H and O–H groups in total. The molecule has 5 nitrogen and oxygen atoms in total. The zero-order chi connectivity index (χ0) is 15.6. The van der Waals surface area contributed by atoms with Gasteiger partial charge in [-0.2, -0.15) is 4.98 Å². The van der Waals surface area contributed by atoms with Crippen molar-refractivity contribution in [3.63, 3.8) is 0 Å². The van der Waals surface area contributed by atoms with Crippen molar-refractivity contribution < 1.29 is 4.74 Å². The smallest absolute Gasteiger partial charge is 0.254 e. The van der Waals surface area contributed by atoms with Crippen LogP contribution in [0.25, 0.3) is 0 Å². The van der Waals surface area contributed by atoms with E-state index in [2.05, 4.69) is 9.97 Å². The number of rotatable bonds is 4. The molecule has 5 heteroatoms. The predicted octanol–water partition coefficient (Wildman–Crippen LogP) is 2.76. The fraction of sp³-hybridized carbons (Fsp3) is 0.375. The van der Waals surface area contributed by atoms with Crippen LogP contribution in [-0.4, -0.2) is 9.97 Å². The Morgan fingerprint density at radius 3 is 2.38 bits per heavy atom. The van der Waals surface area contributed by atoms with Gasteiger partial charge in [0.05, 0.1) is 6.07 Å². The molecule has 0 saturated heterocycles. The van der Waals surface area contributed by atoms with Crippen molar-refractivity contribution in [1.82, 2.24) is 9.97 Å². The van der Waals surface area contributed by atoms with Crippen LogP contribution in [0.5, 0.6) is 11.6 Å². The van der Waals surface area contributed by atoms with Crippen molar-refractivity contribution in [1.29, 1.82) is 0 Å². The third-order valence-corrected chi connectivity index (χ3v) is 3.25. The monoisotopic (exact) mass is 287 g/mol.